The lowest BCUT2D eigenvalue weighted by Gasteiger charge is -2.10. The summed E-state index contributed by atoms with van der Waals surface area (Å²) in [5.74, 6) is -1.14. The largest absolute Gasteiger partial charge is 0.334 e. The van der Waals surface area contributed by atoms with Crippen LogP contribution in [0.3, 0.4) is 0 Å². The van der Waals surface area contributed by atoms with Crippen LogP contribution in [-0.4, -0.2) is 19.5 Å². The molecular formula is C19H13Cl2F2N5. The van der Waals surface area contributed by atoms with Gasteiger partial charge in [0.25, 0.3) is 0 Å². The molecule has 28 heavy (non-hydrogen) atoms. The van der Waals surface area contributed by atoms with Crippen LogP contribution in [0.4, 0.5) is 8.78 Å². The standard InChI is InChI=1S/C19H13Cl2F2N5/c1-9-11(5-10(22)6-15(9)23)18-26-16-17(24)25-8-28(19(16)27-18)7-12-13(20)3-2-4-14(12)21/h2-6,8,24H,7H2,1H3,(H,26,27). The first kappa shape index (κ1) is 18.6. The van der Waals surface area contributed by atoms with Crippen LogP contribution in [-0.2, 0) is 6.54 Å². The topological polar surface area (TPSA) is 70.3 Å². The first-order chi connectivity index (χ1) is 13.3. The Balaban J connectivity index is 1.90. The number of imidazole rings is 1. The molecule has 2 aromatic heterocycles. The zero-order chi connectivity index (χ0) is 20.0. The van der Waals surface area contributed by atoms with Crippen LogP contribution in [0.2, 0.25) is 10.0 Å². The Labute approximate surface area is 168 Å². The van der Waals surface area contributed by atoms with Gasteiger partial charge in [0.1, 0.15) is 23.0 Å². The molecule has 0 spiro atoms. The summed E-state index contributed by atoms with van der Waals surface area (Å²) >= 11 is 12.5. The van der Waals surface area contributed by atoms with Crippen molar-refractivity contribution in [3.05, 3.63) is 75.0 Å². The molecule has 9 heteroatoms. The van der Waals surface area contributed by atoms with Crippen molar-refractivity contribution in [3.8, 4) is 11.4 Å². The molecule has 142 valence electrons. The molecule has 0 amide bonds. The fourth-order valence-electron chi connectivity index (χ4n) is 2.97. The maximum absolute atomic E-state index is 14.0. The number of halogens is 4. The van der Waals surface area contributed by atoms with E-state index >= 15 is 0 Å². The monoisotopic (exact) mass is 419 g/mol. The number of rotatable bonds is 3. The van der Waals surface area contributed by atoms with Crippen LogP contribution in [0.25, 0.3) is 22.6 Å². The van der Waals surface area contributed by atoms with E-state index in [0.29, 0.717) is 26.8 Å². The van der Waals surface area contributed by atoms with Crippen molar-refractivity contribution in [2.75, 3.05) is 0 Å². The minimum absolute atomic E-state index is 0.0372. The number of hydrogen-bond donors (Lipinski definition) is 2. The van der Waals surface area contributed by atoms with E-state index in [2.05, 4.69) is 15.0 Å². The van der Waals surface area contributed by atoms with Gasteiger partial charge in [0.05, 0.1) is 12.9 Å². The molecule has 2 N–H and O–H groups in total. The zero-order valence-corrected chi connectivity index (χ0v) is 16.0. The number of nitrogens with zero attached hydrogens (tertiary/aromatic N) is 3. The Morgan fingerprint density at radius 2 is 1.89 bits per heavy atom. The third kappa shape index (κ3) is 3.16. The minimum atomic E-state index is -0.710. The molecule has 0 aliphatic rings. The van der Waals surface area contributed by atoms with E-state index in [0.717, 1.165) is 6.07 Å². The smallest absolute Gasteiger partial charge is 0.173 e. The average molecular weight is 420 g/mol. The van der Waals surface area contributed by atoms with E-state index < -0.39 is 11.6 Å². The molecule has 2 heterocycles. The summed E-state index contributed by atoms with van der Waals surface area (Å²) in [7, 11) is 0. The van der Waals surface area contributed by atoms with Crippen molar-refractivity contribution in [3.63, 3.8) is 0 Å². The molecule has 0 saturated heterocycles. The van der Waals surface area contributed by atoms with Crippen LogP contribution in [0.15, 0.2) is 36.7 Å². The molecule has 0 atom stereocenters. The third-order valence-electron chi connectivity index (χ3n) is 4.47. The highest BCUT2D eigenvalue weighted by Gasteiger charge is 2.16. The molecule has 5 nitrogen and oxygen atoms in total. The Morgan fingerprint density at radius 1 is 1.18 bits per heavy atom. The third-order valence-corrected chi connectivity index (χ3v) is 5.18. The van der Waals surface area contributed by atoms with Crippen molar-refractivity contribution >= 4 is 34.4 Å². The van der Waals surface area contributed by atoms with Crippen molar-refractivity contribution in [2.45, 2.75) is 13.5 Å². The number of nitrogens with one attached hydrogen (secondary N) is 2. The van der Waals surface area contributed by atoms with E-state index in [1.54, 1.807) is 22.8 Å². The van der Waals surface area contributed by atoms with E-state index in [1.165, 1.54) is 19.3 Å². The van der Waals surface area contributed by atoms with Crippen LogP contribution in [0.5, 0.6) is 0 Å². The van der Waals surface area contributed by atoms with Crippen LogP contribution in [0, 0.1) is 24.0 Å². The average Bonchev–Trinajstić information content (AvgIpc) is 3.09. The van der Waals surface area contributed by atoms with E-state index in [4.69, 9.17) is 28.6 Å². The summed E-state index contributed by atoms with van der Waals surface area (Å²) in [5, 5.41) is 9.02. The molecule has 0 bridgehead atoms. The predicted octanol–water partition coefficient (Wildman–Crippen LogP) is 4.85. The van der Waals surface area contributed by atoms with Gasteiger partial charge in [-0.05, 0) is 30.7 Å². The number of benzene rings is 2. The van der Waals surface area contributed by atoms with Gasteiger partial charge in [0, 0.05) is 27.2 Å². The second-order valence-corrected chi connectivity index (χ2v) is 7.08. The molecule has 4 aromatic rings. The van der Waals surface area contributed by atoms with Gasteiger partial charge in [-0.2, -0.15) is 0 Å². The number of hydrogen-bond acceptors (Lipinski definition) is 3. The summed E-state index contributed by atoms with van der Waals surface area (Å²) in [5.41, 5.74) is 1.90. The van der Waals surface area contributed by atoms with E-state index in [9.17, 15) is 8.78 Å². The van der Waals surface area contributed by atoms with Gasteiger partial charge in [0.2, 0.25) is 0 Å². The summed E-state index contributed by atoms with van der Waals surface area (Å²) in [6.07, 6.45) is 1.45. The molecular weight excluding hydrogens is 407 g/mol. The van der Waals surface area contributed by atoms with Crippen molar-refractivity contribution in [1.82, 2.24) is 19.5 Å². The number of H-pyrrole nitrogens is 1. The molecule has 0 aliphatic carbocycles. The molecule has 0 saturated carbocycles. The maximum atomic E-state index is 14.0. The summed E-state index contributed by atoms with van der Waals surface area (Å²) < 4.78 is 29.3. The molecule has 0 fully saturated rings. The lowest BCUT2D eigenvalue weighted by molar-refractivity contribution is 0.578. The molecule has 2 aromatic carbocycles. The highest BCUT2D eigenvalue weighted by Crippen LogP contribution is 2.28. The van der Waals surface area contributed by atoms with Crippen molar-refractivity contribution in [1.29, 1.82) is 5.41 Å². The molecule has 4 rings (SSSR count). The van der Waals surface area contributed by atoms with E-state index in [1.807, 2.05) is 0 Å². The predicted molar refractivity (Wildman–Crippen MR) is 103 cm³/mol. The lowest BCUT2D eigenvalue weighted by atomic mass is 10.1. The number of aromatic amines is 1. The van der Waals surface area contributed by atoms with Gasteiger partial charge in [-0.1, -0.05) is 29.3 Å². The van der Waals surface area contributed by atoms with Gasteiger partial charge in [-0.25, -0.2) is 18.7 Å². The Kier molecular flexibility index (Phi) is 4.64. The highest BCUT2D eigenvalue weighted by atomic mass is 35.5. The molecule has 0 radical (unpaired) electrons. The van der Waals surface area contributed by atoms with Crippen LogP contribution >= 0.6 is 23.2 Å². The fraction of sp³-hybridized carbons (Fsp3) is 0.105. The van der Waals surface area contributed by atoms with Gasteiger partial charge in [-0.15, -0.1) is 0 Å². The van der Waals surface area contributed by atoms with Crippen molar-refractivity contribution in [2.24, 2.45) is 0 Å². The second-order valence-electron chi connectivity index (χ2n) is 6.27. The van der Waals surface area contributed by atoms with Gasteiger partial charge in [-0.3, -0.25) is 5.41 Å². The minimum Gasteiger partial charge on any atom is -0.334 e. The lowest BCUT2D eigenvalue weighted by Crippen LogP contribution is -2.13. The van der Waals surface area contributed by atoms with Gasteiger partial charge in [0.15, 0.2) is 11.1 Å². The quantitative estimate of drug-likeness (QED) is 0.498. The number of aromatic nitrogens is 4. The normalized spacial score (nSPS) is 11.3. The van der Waals surface area contributed by atoms with Gasteiger partial charge >= 0.3 is 0 Å². The van der Waals surface area contributed by atoms with Gasteiger partial charge < -0.3 is 9.55 Å². The zero-order valence-electron chi connectivity index (χ0n) is 14.5. The highest BCUT2D eigenvalue weighted by molar-refractivity contribution is 6.36. The summed E-state index contributed by atoms with van der Waals surface area (Å²) in [6, 6.07) is 7.21. The summed E-state index contributed by atoms with van der Waals surface area (Å²) in [4.78, 5) is 11.5. The van der Waals surface area contributed by atoms with Crippen molar-refractivity contribution < 1.29 is 8.78 Å². The van der Waals surface area contributed by atoms with Crippen LogP contribution in [0.1, 0.15) is 11.1 Å². The first-order valence-electron chi connectivity index (χ1n) is 8.24. The molecule has 0 aliphatic heterocycles. The Hall–Kier alpha value is -2.77. The first-order valence-corrected chi connectivity index (χ1v) is 8.99. The molecule has 0 unspecified atom stereocenters. The van der Waals surface area contributed by atoms with Crippen LogP contribution < -0.4 is 5.49 Å². The Bertz CT molecular complexity index is 1260. The van der Waals surface area contributed by atoms with E-state index in [-0.39, 0.29) is 29.0 Å². The maximum Gasteiger partial charge on any atom is 0.173 e. The Morgan fingerprint density at radius 3 is 2.61 bits per heavy atom. The second kappa shape index (κ2) is 7.00. The fourth-order valence-corrected chi connectivity index (χ4v) is 3.49. The SMILES string of the molecule is Cc1c(F)cc(F)cc1-c1nc2c([nH]1)c(=N)ncn2Cc1c(Cl)cccc1Cl. The summed E-state index contributed by atoms with van der Waals surface area (Å²) in [6.45, 7) is 1.80. The number of fused-ring (bicyclic) bond motifs is 1.